The van der Waals surface area contributed by atoms with Gasteiger partial charge in [-0.05, 0) is 43.4 Å². The maximum absolute atomic E-state index is 11.1. The second kappa shape index (κ2) is 12.5. The minimum atomic E-state index is -0.0959. The van der Waals surface area contributed by atoms with Gasteiger partial charge in [0.25, 0.3) is 0 Å². The SMILES string of the molecule is COC(=O)CCCCCCN1CCC(OC(c2ccccc2)c2ccccc2)CC1. The molecule has 1 saturated heterocycles. The lowest BCUT2D eigenvalue weighted by Crippen LogP contribution is -2.38. The standard InChI is InChI=1S/C26H35NO3/c1-29-25(28)16-10-2-3-11-19-27-20-17-24(18-21-27)30-26(22-12-6-4-7-13-22)23-14-8-5-9-15-23/h4-9,12-15,24,26H,2-3,10-11,16-21H2,1H3. The fourth-order valence-electron chi connectivity index (χ4n) is 4.13. The maximum atomic E-state index is 11.1. The molecule has 2 aromatic carbocycles. The first-order chi connectivity index (χ1) is 14.8. The van der Waals surface area contributed by atoms with E-state index in [2.05, 4.69) is 70.3 Å². The maximum Gasteiger partial charge on any atom is 0.305 e. The van der Waals surface area contributed by atoms with E-state index in [1.807, 2.05) is 0 Å². The van der Waals surface area contributed by atoms with Gasteiger partial charge >= 0.3 is 5.97 Å². The van der Waals surface area contributed by atoms with Gasteiger partial charge in [-0.25, -0.2) is 0 Å². The molecule has 0 atom stereocenters. The monoisotopic (exact) mass is 409 g/mol. The summed E-state index contributed by atoms with van der Waals surface area (Å²) in [4.78, 5) is 13.7. The van der Waals surface area contributed by atoms with Crippen molar-refractivity contribution in [1.29, 1.82) is 0 Å². The Balaban J connectivity index is 1.41. The van der Waals surface area contributed by atoms with E-state index in [9.17, 15) is 4.79 Å². The number of carbonyl (C=O) groups excluding carboxylic acids is 1. The van der Waals surface area contributed by atoms with E-state index >= 15 is 0 Å². The lowest BCUT2D eigenvalue weighted by atomic mass is 10.00. The third-order valence-corrected chi connectivity index (χ3v) is 5.90. The molecule has 0 amide bonds. The third kappa shape index (κ3) is 7.26. The number of esters is 1. The zero-order valence-corrected chi connectivity index (χ0v) is 18.2. The highest BCUT2D eigenvalue weighted by atomic mass is 16.5. The predicted molar refractivity (Wildman–Crippen MR) is 120 cm³/mol. The second-order valence-electron chi connectivity index (χ2n) is 8.12. The molecule has 1 fully saturated rings. The molecule has 0 saturated carbocycles. The highest BCUT2D eigenvalue weighted by Gasteiger charge is 2.24. The summed E-state index contributed by atoms with van der Waals surface area (Å²) in [6, 6.07) is 21.1. The van der Waals surface area contributed by atoms with Gasteiger partial charge in [0.1, 0.15) is 6.10 Å². The van der Waals surface area contributed by atoms with Crippen molar-refractivity contribution >= 4 is 5.97 Å². The van der Waals surface area contributed by atoms with Crippen LogP contribution >= 0.6 is 0 Å². The molecule has 1 heterocycles. The molecule has 0 bridgehead atoms. The van der Waals surface area contributed by atoms with Crippen LogP contribution in [0.15, 0.2) is 60.7 Å². The van der Waals surface area contributed by atoms with E-state index in [1.165, 1.54) is 31.1 Å². The Morgan fingerprint density at radius 1 is 0.900 bits per heavy atom. The van der Waals surface area contributed by atoms with Gasteiger partial charge in [-0.3, -0.25) is 4.79 Å². The van der Waals surface area contributed by atoms with Crippen molar-refractivity contribution in [1.82, 2.24) is 4.90 Å². The first-order valence-electron chi connectivity index (χ1n) is 11.3. The molecule has 4 heteroatoms. The van der Waals surface area contributed by atoms with E-state index in [-0.39, 0.29) is 12.1 Å². The van der Waals surface area contributed by atoms with Gasteiger partial charge in [0.05, 0.1) is 13.2 Å². The molecule has 0 aromatic heterocycles. The average molecular weight is 410 g/mol. The molecule has 1 aliphatic heterocycles. The number of likely N-dealkylation sites (tertiary alicyclic amines) is 1. The Hall–Kier alpha value is -2.17. The molecule has 0 unspecified atom stereocenters. The summed E-state index contributed by atoms with van der Waals surface area (Å²) < 4.78 is 11.3. The Kier molecular flexibility index (Phi) is 9.39. The molecular formula is C26H35NO3. The van der Waals surface area contributed by atoms with Crippen LogP contribution < -0.4 is 0 Å². The topological polar surface area (TPSA) is 38.8 Å². The molecule has 0 radical (unpaired) electrons. The summed E-state index contributed by atoms with van der Waals surface area (Å²) in [5.74, 6) is -0.0959. The molecular weight excluding hydrogens is 374 g/mol. The minimum absolute atomic E-state index is 0.00115. The first-order valence-corrected chi connectivity index (χ1v) is 11.3. The summed E-state index contributed by atoms with van der Waals surface area (Å²) in [6.07, 6.45) is 7.42. The lowest BCUT2D eigenvalue weighted by Gasteiger charge is -2.34. The summed E-state index contributed by atoms with van der Waals surface area (Å²) >= 11 is 0. The fraction of sp³-hybridized carbons (Fsp3) is 0.500. The third-order valence-electron chi connectivity index (χ3n) is 5.90. The molecule has 1 aliphatic rings. The zero-order valence-electron chi connectivity index (χ0n) is 18.2. The van der Waals surface area contributed by atoms with Crippen molar-refractivity contribution in [3.05, 3.63) is 71.8 Å². The van der Waals surface area contributed by atoms with E-state index < -0.39 is 0 Å². The normalized spacial score (nSPS) is 15.4. The summed E-state index contributed by atoms with van der Waals surface area (Å²) in [5, 5.41) is 0. The van der Waals surface area contributed by atoms with Crippen molar-refractivity contribution in [3.63, 3.8) is 0 Å². The van der Waals surface area contributed by atoms with E-state index in [1.54, 1.807) is 0 Å². The Labute approximate surface area is 181 Å². The number of ether oxygens (including phenoxy) is 2. The van der Waals surface area contributed by atoms with E-state index in [0.717, 1.165) is 45.3 Å². The Bertz CT molecular complexity index is 687. The Morgan fingerprint density at radius 2 is 1.47 bits per heavy atom. The molecule has 0 spiro atoms. The summed E-state index contributed by atoms with van der Waals surface area (Å²) in [6.45, 7) is 3.35. The first kappa shape index (κ1) is 22.5. The van der Waals surface area contributed by atoms with Crippen LogP contribution in [0.2, 0.25) is 0 Å². The molecule has 0 N–H and O–H groups in total. The number of methoxy groups -OCH3 is 1. The Morgan fingerprint density at radius 3 is 2.03 bits per heavy atom. The van der Waals surface area contributed by atoms with Crippen LogP contribution in [0.3, 0.4) is 0 Å². The predicted octanol–water partition coefficient (Wildman–Crippen LogP) is 5.38. The lowest BCUT2D eigenvalue weighted by molar-refractivity contribution is -0.140. The number of hydrogen-bond acceptors (Lipinski definition) is 4. The van der Waals surface area contributed by atoms with Crippen molar-refractivity contribution in [2.45, 2.75) is 57.2 Å². The number of carbonyl (C=O) groups is 1. The summed E-state index contributed by atoms with van der Waals surface area (Å²) in [7, 11) is 1.46. The smallest absolute Gasteiger partial charge is 0.305 e. The number of hydrogen-bond donors (Lipinski definition) is 0. The number of piperidine rings is 1. The molecule has 162 valence electrons. The largest absolute Gasteiger partial charge is 0.469 e. The van der Waals surface area contributed by atoms with Crippen LogP contribution in [0, 0.1) is 0 Å². The quantitative estimate of drug-likeness (QED) is 0.369. The molecule has 3 rings (SSSR count). The number of unbranched alkanes of at least 4 members (excludes halogenated alkanes) is 3. The average Bonchev–Trinajstić information content (AvgIpc) is 2.81. The molecule has 2 aromatic rings. The van der Waals surface area contributed by atoms with Gasteiger partial charge < -0.3 is 14.4 Å². The second-order valence-corrected chi connectivity index (χ2v) is 8.12. The van der Waals surface area contributed by atoms with Gasteiger partial charge in [0, 0.05) is 19.5 Å². The van der Waals surface area contributed by atoms with Crippen molar-refractivity contribution in [2.24, 2.45) is 0 Å². The van der Waals surface area contributed by atoms with Gasteiger partial charge in [-0.2, -0.15) is 0 Å². The van der Waals surface area contributed by atoms with Crippen LogP contribution in [0.4, 0.5) is 0 Å². The van der Waals surface area contributed by atoms with Crippen molar-refractivity contribution in [3.8, 4) is 0 Å². The van der Waals surface area contributed by atoms with E-state index in [4.69, 9.17) is 4.74 Å². The van der Waals surface area contributed by atoms with Gasteiger partial charge in [-0.1, -0.05) is 73.5 Å². The summed E-state index contributed by atoms with van der Waals surface area (Å²) in [5.41, 5.74) is 2.44. The molecule has 0 aliphatic carbocycles. The van der Waals surface area contributed by atoms with Crippen molar-refractivity contribution in [2.75, 3.05) is 26.7 Å². The minimum Gasteiger partial charge on any atom is -0.469 e. The van der Waals surface area contributed by atoms with E-state index in [0.29, 0.717) is 12.5 Å². The van der Waals surface area contributed by atoms with Gasteiger partial charge in [0.15, 0.2) is 0 Å². The van der Waals surface area contributed by atoms with Gasteiger partial charge in [-0.15, -0.1) is 0 Å². The zero-order chi connectivity index (χ0) is 21.0. The molecule has 4 nitrogen and oxygen atoms in total. The highest BCUT2D eigenvalue weighted by molar-refractivity contribution is 5.68. The molecule has 30 heavy (non-hydrogen) atoms. The number of nitrogens with zero attached hydrogens (tertiary/aromatic N) is 1. The van der Waals surface area contributed by atoms with Crippen LogP contribution in [0.5, 0.6) is 0 Å². The van der Waals surface area contributed by atoms with Crippen molar-refractivity contribution < 1.29 is 14.3 Å². The highest BCUT2D eigenvalue weighted by Crippen LogP contribution is 2.30. The number of benzene rings is 2. The fourth-order valence-corrected chi connectivity index (χ4v) is 4.13. The van der Waals surface area contributed by atoms with Crippen LogP contribution in [0.25, 0.3) is 0 Å². The van der Waals surface area contributed by atoms with Crippen LogP contribution in [-0.2, 0) is 14.3 Å². The van der Waals surface area contributed by atoms with Gasteiger partial charge in [0.2, 0.25) is 0 Å². The van der Waals surface area contributed by atoms with Crippen LogP contribution in [-0.4, -0.2) is 43.7 Å². The number of rotatable bonds is 11. The van der Waals surface area contributed by atoms with Crippen LogP contribution in [0.1, 0.15) is 62.2 Å².